The number of hydrogen-bond acceptors (Lipinski definition) is 6. The van der Waals surface area contributed by atoms with E-state index in [1.165, 1.54) is 18.2 Å². The first-order valence-corrected chi connectivity index (χ1v) is 12.6. The van der Waals surface area contributed by atoms with Gasteiger partial charge in [0.1, 0.15) is 0 Å². The van der Waals surface area contributed by atoms with E-state index in [0.29, 0.717) is 9.13 Å². The van der Waals surface area contributed by atoms with Crippen LogP contribution in [0.5, 0.6) is 5.75 Å². The van der Waals surface area contributed by atoms with Crippen LogP contribution in [0.2, 0.25) is 0 Å². The van der Waals surface area contributed by atoms with Crippen LogP contribution >= 0.6 is 67.8 Å². The number of ether oxygens (including phenoxy) is 2. The Morgan fingerprint density at radius 1 is 1.13 bits per heavy atom. The van der Waals surface area contributed by atoms with Gasteiger partial charge < -0.3 is 9.47 Å². The Kier molecular flexibility index (Phi) is 8.79. The van der Waals surface area contributed by atoms with Gasteiger partial charge in [0.2, 0.25) is 0 Å². The third-order valence-corrected chi connectivity index (χ3v) is 7.23. The average Bonchev–Trinajstić information content (AvgIpc) is 2.68. The van der Waals surface area contributed by atoms with Crippen LogP contribution in [0.15, 0.2) is 36.9 Å². The minimum absolute atomic E-state index is 0.000953. The van der Waals surface area contributed by atoms with Gasteiger partial charge in [0, 0.05) is 3.57 Å². The van der Waals surface area contributed by atoms with Crippen LogP contribution in [0.4, 0.5) is 8.78 Å². The molecule has 0 fully saturated rings. The Balaban J connectivity index is 2.38. The second kappa shape index (κ2) is 10.3. The molecule has 1 N–H and O–H groups in total. The summed E-state index contributed by atoms with van der Waals surface area (Å²) in [5.74, 6) is -2.01. The number of alkyl halides is 2. The van der Waals surface area contributed by atoms with Crippen molar-refractivity contribution in [1.82, 2.24) is 0 Å². The number of carbonyl (C=O) groups is 2. The normalized spacial score (nSPS) is 11.7. The molecule has 2 aromatic rings. The van der Waals surface area contributed by atoms with Crippen molar-refractivity contribution in [3.05, 3.63) is 64.3 Å². The lowest BCUT2D eigenvalue weighted by atomic mass is 10.1. The molecule has 0 saturated heterocycles. The molecule has 31 heavy (non-hydrogen) atoms. The molecule has 0 aliphatic heterocycles. The summed E-state index contributed by atoms with van der Waals surface area (Å²) in [7, 11) is -5.76. The highest BCUT2D eigenvalue weighted by molar-refractivity contribution is 14.1. The summed E-state index contributed by atoms with van der Waals surface area (Å²) in [5, 5.41) is -4.67. The van der Waals surface area contributed by atoms with E-state index < -0.39 is 33.9 Å². The topological polar surface area (TPSA) is 107 Å². The van der Waals surface area contributed by atoms with Crippen LogP contribution in [-0.2, 0) is 14.9 Å². The Morgan fingerprint density at radius 2 is 1.74 bits per heavy atom. The van der Waals surface area contributed by atoms with E-state index in [2.05, 4.69) is 11.3 Å². The minimum atomic E-state index is -5.76. The number of rotatable bonds is 7. The molecule has 0 bridgehead atoms. The third kappa shape index (κ3) is 6.11. The maximum absolute atomic E-state index is 13.4. The second-order valence-electron chi connectivity index (χ2n) is 5.73. The lowest BCUT2D eigenvalue weighted by Gasteiger charge is -2.16. The molecule has 0 radical (unpaired) electrons. The van der Waals surface area contributed by atoms with Crippen LogP contribution in [0.3, 0.4) is 0 Å². The standard InChI is InChI=1S/C18H11F2I3O7S/c1-2-9-5-3-4-6-10(9)16(24)30-15-12(22)7-11(21)13(14(15)23)17(25)29-8-18(19,20)31(26,27)28/h2-7H,1,8H2,(H,26,27,28). The average molecular weight is 790 g/mol. The molecule has 0 atom stereocenters. The Morgan fingerprint density at radius 3 is 2.32 bits per heavy atom. The molecule has 13 heteroatoms. The monoisotopic (exact) mass is 790 g/mol. The maximum Gasteiger partial charge on any atom is 0.402 e. The predicted octanol–water partition coefficient (Wildman–Crippen LogP) is 5.00. The van der Waals surface area contributed by atoms with Crippen LogP contribution in [0.1, 0.15) is 26.3 Å². The van der Waals surface area contributed by atoms with Crippen LogP contribution in [0, 0.1) is 10.7 Å². The molecule has 0 aliphatic carbocycles. The fraction of sp³-hybridized carbons (Fsp3) is 0.111. The molecule has 166 valence electrons. The van der Waals surface area contributed by atoms with Crippen LogP contribution < -0.4 is 4.74 Å². The SMILES string of the molecule is C=Cc1ccccc1C(=O)Oc1c(I)cc(I)c(C(=O)OCC(F)(F)S(=O)(=O)O)c1I. The van der Waals surface area contributed by atoms with Crippen molar-refractivity contribution >= 4 is 95.9 Å². The smallest absolute Gasteiger partial charge is 0.402 e. The predicted molar refractivity (Wildman–Crippen MR) is 133 cm³/mol. The molecule has 0 aromatic heterocycles. The molecule has 7 nitrogen and oxygen atoms in total. The number of carbonyl (C=O) groups excluding carboxylic acids is 2. The molecule has 0 unspecified atom stereocenters. The van der Waals surface area contributed by atoms with Gasteiger partial charge in [-0.1, -0.05) is 30.9 Å². The first kappa shape index (κ1) is 26.3. The zero-order valence-electron chi connectivity index (χ0n) is 15.1. The van der Waals surface area contributed by atoms with Crippen molar-refractivity contribution in [2.45, 2.75) is 5.25 Å². The lowest BCUT2D eigenvalue weighted by molar-refractivity contribution is -0.00967. The summed E-state index contributed by atoms with van der Waals surface area (Å²) in [6.45, 7) is 1.74. The van der Waals surface area contributed by atoms with Crippen molar-refractivity contribution in [2.75, 3.05) is 6.61 Å². The van der Waals surface area contributed by atoms with E-state index in [4.69, 9.17) is 9.29 Å². The first-order chi connectivity index (χ1) is 14.3. The number of halogens is 5. The quantitative estimate of drug-likeness (QED) is 0.182. The second-order valence-corrected chi connectivity index (χ2v) is 10.7. The molecule has 0 saturated carbocycles. The Bertz CT molecular complexity index is 1170. The van der Waals surface area contributed by atoms with Crippen LogP contribution in [0.25, 0.3) is 6.08 Å². The van der Waals surface area contributed by atoms with Crippen molar-refractivity contribution in [2.24, 2.45) is 0 Å². The van der Waals surface area contributed by atoms with Crippen molar-refractivity contribution < 1.29 is 40.8 Å². The highest BCUT2D eigenvalue weighted by atomic mass is 127. The van der Waals surface area contributed by atoms with Crippen LogP contribution in [-0.4, -0.2) is 36.8 Å². The maximum atomic E-state index is 13.4. The van der Waals surface area contributed by atoms with Gasteiger partial charge >= 0.3 is 27.3 Å². The minimum Gasteiger partial charge on any atom is -0.454 e. The van der Waals surface area contributed by atoms with E-state index in [1.807, 2.05) is 22.6 Å². The van der Waals surface area contributed by atoms with Gasteiger partial charge in [0.05, 0.1) is 18.3 Å². The fourth-order valence-corrected chi connectivity index (χ4v) is 6.40. The summed E-state index contributed by atoms with van der Waals surface area (Å²) < 4.78 is 67.4. The first-order valence-electron chi connectivity index (χ1n) is 7.93. The van der Waals surface area contributed by atoms with E-state index in [9.17, 15) is 26.8 Å². The molecule has 0 amide bonds. The molecule has 0 spiro atoms. The summed E-state index contributed by atoms with van der Waals surface area (Å²) in [4.78, 5) is 25.0. The molecule has 0 heterocycles. The van der Waals surface area contributed by atoms with Gasteiger partial charge in [0.15, 0.2) is 12.4 Å². The van der Waals surface area contributed by atoms with E-state index in [0.717, 1.165) is 0 Å². The van der Waals surface area contributed by atoms with E-state index in [1.54, 1.807) is 63.4 Å². The highest BCUT2D eigenvalue weighted by Crippen LogP contribution is 2.35. The number of benzene rings is 2. The van der Waals surface area contributed by atoms with Gasteiger partial charge in [-0.15, -0.1) is 0 Å². The summed E-state index contributed by atoms with van der Waals surface area (Å²) >= 11 is 5.33. The molecule has 0 aliphatic rings. The summed E-state index contributed by atoms with van der Waals surface area (Å²) in [6.07, 6.45) is 1.47. The zero-order chi connectivity index (χ0) is 23.6. The highest BCUT2D eigenvalue weighted by Gasteiger charge is 2.46. The van der Waals surface area contributed by atoms with Crippen molar-refractivity contribution in [1.29, 1.82) is 0 Å². The molecule has 2 aromatic carbocycles. The number of esters is 2. The fourth-order valence-electron chi connectivity index (χ4n) is 2.16. The summed E-state index contributed by atoms with van der Waals surface area (Å²) in [6, 6.07) is 7.99. The third-order valence-electron chi connectivity index (χ3n) is 3.68. The molecule has 2 rings (SSSR count). The van der Waals surface area contributed by atoms with Crippen molar-refractivity contribution in [3.63, 3.8) is 0 Å². The Hall–Kier alpha value is -0.920. The number of hydrogen-bond donors (Lipinski definition) is 1. The molecular formula is C18H11F2I3O7S. The van der Waals surface area contributed by atoms with Gasteiger partial charge in [-0.25, -0.2) is 9.59 Å². The van der Waals surface area contributed by atoms with E-state index in [-0.39, 0.29) is 24.0 Å². The summed E-state index contributed by atoms with van der Waals surface area (Å²) in [5.41, 5.74) is 0.544. The Labute approximate surface area is 216 Å². The van der Waals surface area contributed by atoms with Gasteiger partial charge in [-0.3, -0.25) is 4.55 Å². The van der Waals surface area contributed by atoms with Gasteiger partial charge in [-0.05, 0) is 85.5 Å². The van der Waals surface area contributed by atoms with E-state index >= 15 is 0 Å². The lowest BCUT2D eigenvalue weighted by Crippen LogP contribution is -2.34. The molecular weight excluding hydrogens is 779 g/mol. The van der Waals surface area contributed by atoms with Crippen molar-refractivity contribution in [3.8, 4) is 5.75 Å². The van der Waals surface area contributed by atoms with Gasteiger partial charge in [0.25, 0.3) is 0 Å². The van der Waals surface area contributed by atoms with Gasteiger partial charge in [-0.2, -0.15) is 17.2 Å². The largest absolute Gasteiger partial charge is 0.454 e. The zero-order valence-corrected chi connectivity index (χ0v) is 22.4.